The van der Waals surface area contributed by atoms with Gasteiger partial charge in [0.25, 0.3) is 0 Å². The van der Waals surface area contributed by atoms with Gasteiger partial charge in [0.2, 0.25) is 0 Å². The number of sulfone groups is 1. The zero-order valence-electron chi connectivity index (χ0n) is 11.5. The number of ether oxygens (including phenoxy) is 2. The van der Waals surface area contributed by atoms with Gasteiger partial charge in [0.05, 0.1) is 19.5 Å². The number of hydrogen-bond donors (Lipinski definition) is 1. The fourth-order valence-electron chi connectivity index (χ4n) is 1.65. The largest absolute Gasteiger partial charge is 0.494 e. The molecular formula is C13H19NO5S. The van der Waals surface area contributed by atoms with Crippen LogP contribution >= 0.6 is 0 Å². The Hall–Kier alpha value is -1.60. The summed E-state index contributed by atoms with van der Waals surface area (Å²) in [6.45, 7) is 2.43. The fraction of sp³-hybridized carbons (Fsp3) is 0.462. The molecule has 1 aromatic carbocycles. The molecule has 112 valence electrons. The molecule has 0 radical (unpaired) electrons. The molecule has 1 aromatic rings. The molecule has 20 heavy (non-hydrogen) atoms. The summed E-state index contributed by atoms with van der Waals surface area (Å²) in [6.07, 6.45) is 0. The van der Waals surface area contributed by atoms with Crippen LogP contribution in [0, 0.1) is 0 Å². The average molecular weight is 301 g/mol. The van der Waals surface area contributed by atoms with Crippen LogP contribution in [-0.4, -0.2) is 39.6 Å². The SMILES string of the molecule is CCOc1ccc(C(N)CS(=O)(=O)CC(=O)OC)cc1. The number of rotatable bonds is 7. The van der Waals surface area contributed by atoms with Crippen LogP contribution in [0.1, 0.15) is 18.5 Å². The van der Waals surface area contributed by atoms with Gasteiger partial charge in [0.15, 0.2) is 9.84 Å². The normalized spacial score (nSPS) is 12.8. The molecule has 0 saturated heterocycles. The van der Waals surface area contributed by atoms with Crippen molar-refractivity contribution in [1.82, 2.24) is 0 Å². The maximum absolute atomic E-state index is 11.7. The Morgan fingerprint density at radius 1 is 1.30 bits per heavy atom. The first-order chi connectivity index (χ1) is 9.38. The Morgan fingerprint density at radius 2 is 1.90 bits per heavy atom. The predicted molar refractivity (Wildman–Crippen MR) is 75.2 cm³/mol. The zero-order chi connectivity index (χ0) is 15.2. The van der Waals surface area contributed by atoms with E-state index < -0.39 is 27.6 Å². The van der Waals surface area contributed by atoms with Crippen molar-refractivity contribution in [1.29, 1.82) is 0 Å². The van der Waals surface area contributed by atoms with Crippen LogP contribution in [-0.2, 0) is 19.4 Å². The van der Waals surface area contributed by atoms with E-state index in [1.807, 2.05) is 6.92 Å². The lowest BCUT2D eigenvalue weighted by Gasteiger charge is -2.13. The number of benzene rings is 1. The molecule has 1 unspecified atom stereocenters. The van der Waals surface area contributed by atoms with Crippen LogP contribution < -0.4 is 10.5 Å². The van der Waals surface area contributed by atoms with Gasteiger partial charge in [0, 0.05) is 6.04 Å². The number of nitrogens with two attached hydrogens (primary N) is 1. The summed E-state index contributed by atoms with van der Waals surface area (Å²) in [4.78, 5) is 11.0. The molecule has 0 amide bonds. The van der Waals surface area contributed by atoms with E-state index >= 15 is 0 Å². The molecule has 0 saturated carbocycles. The molecule has 0 fully saturated rings. The van der Waals surface area contributed by atoms with Crippen molar-refractivity contribution < 1.29 is 22.7 Å². The van der Waals surface area contributed by atoms with Crippen LogP contribution in [0.25, 0.3) is 0 Å². The minimum Gasteiger partial charge on any atom is -0.494 e. The van der Waals surface area contributed by atoms with Crippen molar-refractivity contribution in [2.75, 3.05) is 25.2 Å². The highest BCUT2D eigenvalue weighted by Crippen LogP contribution is 2.18. The molecular weight excluding hydrogens is 282 g/mol. The Morgan fingerprint density at radius 3 is 2.40 bits per heavy atom. The molecule has 7 heteroatoms. The Kier molecular flexibility index (Phi) is 5.97. The third-order valence-corrected chi connectivity index (χ3v) is 4.16. The van der Waals surface area contributed by atoms with Crippen LogP contribution in [0.15, 0.2) is 24.3 Å². The summed E-state index contributed by atoms with van der Waals surface area (Å²) in [5.74, 6) is -1.06. The molecule has 0 aliphatic carbocycles. The van der Waals surface area contributed by atoms with Gasteiger partial charge < -0.3 is 15.2 Å². The van der Waals surface area contributed by atoms with Gasteiger partial charge in [-0.2, -0.15) is 0 Å². The van der Waals surface area contributed by atoms with E-state index in [1.54, 1.807) is 24.3 Å². The maximum atomic E-state index is 11.7. The second kappa shape index (κ2) is 7.25. The van der Waals surface area contributed by atoms with Crippen molar-refractivity contribution in [3.63, 3.8) is 0 Å². The molecule has 6 nitrogen and oxygen atoms in total. The molecule has 0 heterocycles. The van der Waals surface area contributed by atoms with E-state index in [4.69, 9.17) is 10.5 Å². The summed E-state index contributed by atoms with van der Waals surface area (Å²) in [5, 5.41) is 0. The highest BCUT2D eigenvalue weighted by molar-refractivity contribution is 7.92. The van der Waals surface area contributed by atoms with E-state index in [-0.39, 0.29) is 5.75 Å². The van der Waals surface area contributed by atoms with Crippen LogP contribution in [0.5, 0.6) is 5.75 Å². The average Bonchev–Trinajstić information content (AvgIpc) is 2.38. The third-order valence-electron chi connectivity index (χ3n) is 2.62. The maximum Gasteiger partial charge on any atom is 0.320 e. The molecule has 1 atom stereocenters. The van der Waals surface area contributed by atoms with Crippen molar-refractivity contribution in [2.45, 2.75) is 13.0 Å². The lowest BCUT2D eigenvalue weighted by atomic mass is 10.1. The minimum absolute atomic E-state index is 0.309. The number of carbonyl (C=O) groups is 1. The first kappa shape index (κ1) is 16.5. The second-order valence-electron chi connectivity index (χ2n) is 4.24. The summed E-state index contributed by atoms with van der Waals surface area (Å²) in [6, 6.07) is 6.18. The number of esters is 1. The Balaban J connectivity index is 2.70. The van der Waals surface area contributed by atoms with Gasteiger partial charge in [-0.3, -0.25) is 4.79 Å². The van der Waals surface area contributed by atoms with Crippen LogP contribution in [0.2, 0.25) is 0 Å². The molecule has 0 bridgehead atoms. The van der Waals surface area contributed by atoms with Gasteiger partial charge in [-0.1, -0.05) is 12.1 Å². The first-order valence-corrected chi connectivity index (χ1v) is 7.95. The molecule has 1 rings (SSSR count). The summed E-state index contributed by atoms with van der Waals surface area (Å²) in [7, 11) is -2.45. The topological polar surface area (TPSA) is 95.7 Å². The highest BCUT2D eigenvalue weighted by Gasteiger charge is 2.21. The lowest BCUT2D eigenvalue weighted by molar-refractivity contribution is -0.137. The number of hydrogen-bond acceptors (Lipinski definition) is 6. The van der Waals surface area contributed by atoms with Crippen molar-refractivity contribution in [3.8, 4) is 5.75 Å². The van der Waals surface area contributed by atoms with E-state index in [0.29, 0.717) is 17.9 Å². The minimum atomic E-state index is -3.59. The van der Waals surface area contributed by atoms with Crippen LogP contribution in [0.3, 0.4) is 0 Å². The van der Waals surface area contributed by atoms with Gasteiger partial charge in [-0.05, 0) is 24.6 Å². The van der Waals surface area contributed by atoms with Gasteiger partial charge in [-0.25, -0.2) is 8.42 Å². The van der Waals surface area contributed by atoms with Crippen molar-refractivity contribution in [2.24, 2.45) is 5.73 Å². The monoisotopic (exact) mass is 301 g/mol. The first-order valence-electron chi connectivity index (χ1n) is 6.13. The quantitative estimate of drug-likeness (QED) is 0.744. The second-order valence-corrected chi connectivity index (χ2v) is 6.35. The lowest BCUT2D eigenvalue weighted by Crippen LogP contribution is -2.27. The standard InChI is InChI=1S/C13H19NO5S/c1-3-19-11-6-4-10(5-7-11)12(14)8-20(16,17)9-13(15)18-2/h4-7,12H,3,8-9,14H2,1-2H3. The zero-order valence-corrected chi connectivity index (χ0v) is 12.4. The summed E-state index contributed by atoms with van der Waals surface area (Å²) in [5.41, 5.74) is 6.52. The predicted octanol–water partition coefficient (Wildman–Crippen LogP) is 0.673. The van der Waals surface area contributed by atoms with E-state index in [2.05, 4.69) is 4.74 Å². The molecule has 0 aromatic heterocycles. The van der Waals surface area contributed by atoms with E-state index in [0.717, 1.165) is 7.11 Å². The van der Waals surface area contributed by atoms with Crippen LogP contribution in [0.4, 0.5) is 0 Å². The smallest absolute Gasteiger partial charge is 0.320 e. The highest BCUT2D eigenvalue weighted by atomic mass is 32.2. The summed E-state index contributed by atoms with van der Waals surface area (Å²) >= 11 is 0. The van der Waals surface area contributed by atoms with Gasteiger partial charge in [0.1, 0.15) is 11.5 Å². The molecule has 0 aliphatic heterocycles. The van der Waals surface area contributed by atoms with E-state index in [9.17, 15) is 13.2 Å². The Labute approximate surface area is 118 Å². The summed E-state index contributed by atoms with van der Waals surface area (Å²) < 4.78 is 33.1. The molecule has 0 aliphatic rings. The molecule has 2 N–H and O–H groups in total. The number of carbonyl (C=O) groups excluding carboxylic acids is 1. The van der Waals surface area contributed by atoms with Gasteiger partial charge >= 0.3 is 5.97 Å². The third kappa shape index (κ3) is 5.18. The van der Waals surface area contributed by atoms with Crippen molar-refractivity contribution >= 4 is 15.8 Å². The fourth-order valence-corrected chi connectivity index (χ4v) is 2.98. The Bertz CT molecular complexity index is 538. The van der Waals surface area contributed by atoms with Gasteiger partial charge in [-0.15, -0.1) is 0 Å². The molecule has 0 spiro atoms. The van der Waals surface area contributed by atoms with E-state index in [1.165, 1.54) is 0 Å². The number of methoxy groups -OCH3 is 1. The van der Waals surface area contributed by atoms with Crippen molar-refractivity contribution in [3.05, 3.63) is 29.8 Å².